The Morgan fingerprint density at radius 1 is 1.43 bits per heavy atom. The van der Waals surface area contributed by atoms with E-state index in [2.05, 4.69) is 10.3 Å². The molecular weight excluding hydrogens is 320 g/mol. The van der Waals surface area contributed by atoms with Gasteiger partial charge in [0.25, 0.3) is 0 Å². The van der Waals surface area contributed by atoms with E-state index in [1.54, 1.807) is 17.2 Å². The summed E-state index contributed by atoms with van der Waals surface area (Å²) in [6.45, 7) is 6.71. The Bertz CT molecular complexity index is 659. The van der Waals surface area contributed by atoms with Crippen molar-refractivity contribution >= 4 is 35.1 Å². The van der Waals surface area contributed by atoms with Crippen molar-refractivity contribution in [3.63, 3.8) is 0 Å². The fraction of sp³-hybridized carbons (Fsp3) is 0.533. The van der Waals surface area contributed by atoms with Crippen LogP contribution in [0.2, 0.25) is 5.02 Å². The third kappa shape index (κ3) is 3.19. The number of rotatable bonds is 0. The van der Waals surface area contributed by atoms with Crippen molar-refractivity contribution < 1.29 is 14.3 Å². The highest BCUT2D eigenvalue weighted by atomic mass is 35.5. The molecule has 3 rings (SSSR count). The molecule has 124 valence electrons. The van der Waals surface area contributed by atoms with Gasteiger partial charge in [0.05, 0.1) is 17.3 Å². The number of nitrogens with zero attached hydrogens (tertiary/aromatic N) is 3. The number of halogens is 1. The fourth-order valence-electron chi connectivity index (χ4n) is 2.72. The van der Waals surface area contributed by atoms with Gasteiger partial charge in [-0.25, -0.2) is 9.78 Å². The molecule has 7 nitrogen and oxygen atoms in total. The second-order valence-corrected chi connectivity index (χ2v) is 7.09. The van der Waals surface area contributed by atoms with E-state index in [4.69, 9.17) is 16.3 Å². The lowest BCUT2D eigenvalue weighted by atomic mass is 10.1. The molecule has 0 bridgehead atoms. The second-order valence-electron chi connectivity index (χ2n) is 6.65. The van der Waals surface area contributed by atoms with E-state index in [0.717, 1.165) is 0 Å². The van der Waals surface area contributed by atoms with Crippen LogP contribution in [0.5, 0.6) is 0 Å². The normalized spacial score (nSPS) is 20.5. The molecule has 2 amide bonds. The van der Waals surface area contributed by atoms with Gasteiger partial charge in [0, 0.05) is 19.3 Å². The topological polar surface area (TPSA) is 74.8 Å². The molecule has 0 aromatic carbocycles. The molecule has 1 aromatic rings. The highest BCUT2D eigenvalue weighted by Gasteiger charge is 2.40. The van der Waals surface area contributed by atoms with Crippen LogP contribution in [0, 0.1) is 0 Å². The van der Waals surface area contributed by atoms with Crippen molar-refractivity contribution in [2.45, 2.75) is 32.4 Å². The van der Waals surface area contributed by atoms with Gasteiger partial charge in [-0.1, -0.05) is 11.6 Å². The molecule has 1 unspecified atom stereocenters. The minimum Gasteiger partial charge on any atom is -0.444 e. The highest BCUT2D eigenvalue weighted by Crippen LogP contribution is 2.33. The average molecular weight is 339 g/mol. The number of anilines is 2. The molecule has 1 N–H and O–H groups in total. The second kappa shape index (κ2) is 5.56. The van der Waals surface area contributed by atoms with Gasteiger partial charge in [0.1, 0.15) is 11.6 Å². The predicted molar refractivity (Wildman–Crippen MR) is 86.8 cm³/mol. The van der Waals surface area contributed by atoms with Gasteiger partial charge >= 0.3 is 6.09 Å². The van der Waals surface area contributed by atoms with Gasteiger partial charge in [0.2, 0.25) is 5.91 Å². The smallest absolute Gasteiger partial charge is 0.410 e. The summed E-state index contributed by atoms with van der Waals surface area (Å²) in [6, 6.07) is 1.20. The molecule has 1 fully saturated rings. The summed E-state index contributed by atoms with van der Waals surface area (Å²) in [5.74, 6) is 0.512. The maximum atomic E-state index is 12.4. The first kappa shape index (κ1) is 15.9. The summed E-state index contributed by atoms with van der Waals surface area (Å²) >= 11 is 5.92. The minimum atomic E-state index is -0.562. The number of amides is 2. The maximum absolute atomic E-state index is 12.4. The molecule has 8 heteroatoms. The van der Waals surface area contributed by atoms with Gasteiger partial charge in [-0.15, -0.1) is 0 Å². The Kier molecular flexibility index (Phi) is 3.83. The van der Waals surface area contributed by atoms with Gasteiger partial charge in [0.15, 0.2) is 5.82 Å². The third-order valence-corrected chi connectivity index (χ3v) is 3.90. The van der Waals surface area contributed by atoms with Gasteiger partial charge < -0.3 is 19.9 Å². The van der Waals surface area contributed by atoms with E-state index >= 15 is 0 Å². The molecule has 0 aliphatic carbocycles. The number of hydrogen-bond acceptors (Lipinski definition) is 5. The van der Waals surface area contributed by atoms with Crippen LogP contribution in [0.3, 0.4) is 0 Å². The zero-order valence-corrected chi connectivity index (χ0v) is 14.1. The summed E-state index contributed by atoms with van der Waals surface area (Å²) in [5, 5.41) is 3.27. The maximum Gasteiger partial charge on any atom is 0.410 e. The Balaban J connectivity index is 1.79. The largest absolute Gasteiger partial charge is 0.444 e. The lowest BCUT2D eigenvalue weighted by Gasteiger charge is -2.44. The summed E-state index contributed by atoms with van der Waals surface area (Å²) in [6.07, 6.45) is 1.15. The number of piperazine rings is 1. The number of aromatic nitrogens is 1. The number of carbonyl (C=O) groups is 2. The summed E-state index contributed by atoms with van der Waals surface area (Å²) in [4.78, 5) is 32.3. The molecule has 0 spiro atoms. The quantitative estimate of drug-likeness (QED) is 0.784. The van der Waals surface area contributed by atoms with Crippen molar-refractivity contribution in [1.29, 1.82) is 0 Å². The van der Waals surface area contributed by atoms with Gasteiger partial charge in [-0.2, -0.15) is 0 Å². The third-order valence-electron chi connectivity index (χ3n) is 3.70. The van der Waals surface area contributed by atoms with Crippen molar-refractivity contribution in [1.82, 2.24) is 9.88 Å². The van der Waals surface area contributed by atoms with Crippen LogP contribution in [0.15, 0.2) is 12.3 Å². The Morgan fingerprint density at radius 3 is 2.87 bits per heavy atom. The van der Waals surface area contributed by atoms with E-state index in [1.165, 1.54) is 0 Å². The van der Waals surface area contributed by atoms with E-state index in [9.17, 15) is 9.59 Å². The number of carbonyl (C=O) groups excluding carboxylic acids is 2. The van der Waals surface area contributed by atoms with Crippen molar-refractivity contribution in [3.05, 3.63) is 17.3 Å². The number of nitrogens with one attached hydrogen (secondary N) is 1. The first-order chi connectivity index (χ1) is 10.7. The standard InChI is InChI=1S/C15H19ClN4O3/c1-15(2,3)23-14(22)19-4-5-20-11(8-19)13(21)18-10-6-9(16)7-17-12(10)20/h6-7,11H,4-5,8H2,1-3H3,(H,18,21). The van der Waals surface area contributed by atoms with E-state index in [1.807, 2.05) is 25.7 Å². The molecule has 3 heterocycles. The Labute approximate surface area is 139 Å². The van der Waals surface area contributed by atoms with Crippen LogP contribution < -0.4 is 10.2 Å². The Hall–Kier alpha value is -2.02. The van der Waals surface area contributed by atoms with Crippen LogP contribution in [0.1, 0.15) is 20.8 Å². The zero-order valence-electron chi connectivity index (χ0n) is 13.3. The molecule has 1 aromatic heterocycles. The lowest BCUT2D eigenvalue weighted by Crippen LogP contribution is -2.61. The van der Waals surface area contributed by atoms with E-state index in [0.29, 0.717) is 29.6 Å². The van der Waals surface area contributed by atoms with E-state index in [-0.39, 0.29) is 12.5 Å². The SMILES string of the molecule is CC(C)(C)OC(=O)N1CCN2c3ncc(Cl)cc3NC(=O)C2C1. The van der Waals surface area contributed by atoms with Gasteiger partial charge in [-0.3, -0.25) is 4.79 Å². The number of ether oxygens (including phenoxy) is 1. The first-order valence-electron chi connectivity index (χ1n) is 7.45. The summed E-state index contributed by atoms with van der Waals surface area (Å²) < 4.78 is 5.38. The molecule has 1 saturated heterocycles. The number of pyridine rings is 1. The fourth-order valence-corrected chi connectivity index (χ4v) is 2.88. The summed E-state index contributed by atoms with van der Waals surface area (Å²) in [5.41, 5.74) is 0.0398. The van der Waals surface area contributed by atoms with Crippen molar-refractivity contribution in [2.24, 2.45) is 0 Å². The highest BCUT2D eigenvalue weighted by molar-refractivity contribution is 6.31. The van der Waals surface area contributed by atoms with Crippen molar-refractivity contribution in [2.75, 3.05) is 29.9 Å². The Morgan fingerprint density at radius 2 is 2.17 bits per heavy atom. The minimum absolute atomic E-state index is 0.171. The van der Waals surface area contributed by atoms with Crippen molar-refractivity contribution in [3.8, 4) is 0 Å². The number of fused-ring (bicyclic) bond motifs is 3. The molecule has 1 atom stereocenters. The van der Waals surface area contributed by atoms with Crippen LogP contribution in [0.25, 0.3) is 0 Å². The lowest BCUT2D eigenvalue weighted by molar-refractivity contribution is -0.118. The van der Waals surface area contributed by atoms with Crippen LogP contribution in [-0.2, 0) is 9.53 Å². The average Bonchev–Trinajstić information content (AvgIpc) is 2.45. The van der Waals surface area contributed by atoms with Gasteiger partial charge in [-0.05, 0) is 26.8 Å². The molecule has 2 aliphatic rings. The first-order valence-corrected chi connectivity index (χ1v) is 7.83. The molecule has 0 radical (unpaired) electrons. The molecule has 2 aliphatic heterocycles. The molecule has 23 heavy (non-hydrogen) atoms. The monoisotopic (exact) mass is 338 g/mol. The van der Waals surface area contributed by atoms with Crippen LogP contribution >= 0.6 is 11.6 Å². The zero-order chi connectivity index (χ0) is 16.8. The molecule has 0 saturated carbocycles. The molecular formula is C15H19ClN4O3. The van der Waals surface area contributed by atoms with Crippen LogP contribution in [0.4, 0.5) is 16.3 Å². The number of hydrogen-bond donors (Lipinski definition) is 1. The van der Waals surface area contributed by atoms with Crippen LogP contribution in [-0.4, -0.2) is 53.2 Å². The summed E-state index contributed by atoms with van der Waals surface area (Å²) in [7, 11) is 0. The predicted octanol–water partition coefficient (Wildman–Crippen LogP) is 2.11. The van der Waals surface area contributed by atoms with E-state index < -0.39 is 17.7 Å².